The molecule has 0 saturated heterocycles. The summed E-state index contributed by atoms with van der Waals surface area (Å²) in [5.41, 5.74) is 0.287. The number of amides is 2. The van der Waals surface area contributed by atoms with Gasteiger partial charge in [0, 0.05) is 11.6 Å². The van der Waals surface area contributed by atoms with Gasteiger partial charge in [0.15, 0.2) is 11.5 Å². The number of benzene rings is 1. The summed E-state index contributed by atoms with van der Waals surface area (Å²) >= 11 is 6.02. The fourth-order valence-corrected chi connectivity index (χ4v) is 1.97. The summed E-state index contributed by atoms with van der Waals surface area (Å²) < 4.78 is 10.2. The summed E-state index contributed by atoms with van der Waals surface area (Å²) in [5, 5.41) is 5.45. The monoisotopic (exact) mass is 314 g/mol. The lowest BCUT2D eigenvalue weighted by molar-refractivity contribution is -0.120. The summed E-state index contributed by atoms with van der Waals surface area (Å²) in [5.74, 6) is 0.0248. The minimum atomic E-state index is -0.420. The first-order valence-corrected chi connectivity index (χ1v) is 6.76. The SMILES string of the molecule is COc1cc(C(=O)NCC(=O)NC(C)C)cc(Cl)c1OC. The number of hydrogen-bond acceptors (Lipinski definition) is 4. The van der Waals surface area contributed by atoms with Crippen LogP contribution in [0.4, 0.5) is 0 Å². The molecular formula is C14H19ClN2O4. The van der Waals surface area contributed by atoms with Gasteiger partial charge in [-0.3, -0.25) is 9.59 Å². The molecule has 0 spiro atoms. The Labute approximate surface area is 128 Å². The van der Waals surface area contributed by atoms with Crippen LogP contribution in [0.25, 0.3) is 0 Å². The summed E-state index contributed by atoms with van der Waals surface area (Å²) in [6.07, 6.45) is 0. The van der Waals surface area contributed by atoms with Gasteiger partial charge in [-0.15, -0.1) is 0 Å². The van der Waals surface area contributed by atoms with E-state index < -0.39 is 5.91 Å². The van der Waals surface area contributed by atoms with Crippen LogP contribution in [-0.4, -0.2) is 38.6 Å². The quantitative estimate of drug-likeness (QED) is 0.836. The van der Waals surface area contributed by atoms with Gasteiger partial charge < -0.3 is 20.1 Å². The maximum Gasteiger partial charge on any atom is 0.251 e. The summed E-state index contributed by atoms with van der Waals surface area (Å²) in [4.78, 5) is 23.5. The lowest BCUT2D eigenvalue weighted by Gasteiger charge is -2.12. The maximum absolute atomic E-state index is 12.0. The molecule has 0 atom stereocenters. The number of hydrogen-bond donors (Lipinski definition) is 2. The molecule has 0 bridgehead atoms. The first-order valence-electron chi connectivity index (χ1n) is 6.38. The van der Waals surface area contributed by atoms with Crippen LogP contribution < -0.4 is 20.1 Å². The van der Waals surface area contributed by atoms with Gasteiger partial charge in [0.1, 0.15) is 0 Å². The minimum absolute atomic E-state index is 0.0185. The van der Waals surface area contributed by atoms with E-state index in [-0.39, 0.29) is 29.1 Å². The van der Waals surface area contributed by atoms with Crippen molar-refractivity contribution in [2.24, 2.45) is 0 Å². The lowest BCUT2D eigenvalue weighted by atomic mass is 10.2. The van der Waals surface area contributed by atoms with Crippen LogP contribution in [0, 0.1) is 0 Å². The zero-order chi connectivity index (χ0) is 16.0. The average Bonchev–Trinajstić information content (AvgIpc) is 2.42. The molecule has 1 aromatic rings. The third-order valence-electron chi connectivity index (χ3n) is 2.55. The van der Waals surface area contributed by atoms with Crippen molar-refractivity contribution in [1.29, 1.82) is 0 Å². The molecule has 0 fully saturated rings. The topological polar surface area (TPSA) is 76.7 Å². The van der Waals surface area contributed by atoms with E-state index in [0.29, 0.717) is 11.5 Å². The number of carbonyl (C=O) groups is 2. The van der Waals surface area contributed by atoms with Gasteiger partial charge in [-0.05, 0) is 26.0 Å². The Hall–Kier alpha value is -1.95. The van der Waals surface area contributed by atoms with E-state index in [2.05, 4.69) is 10.6 Å². The molecule has 0 aliphatic carbocycles. The number of nitrogens with one attached hydrogen (secondary N) is 2. The van der Waals surface area contributed by atoms with E-state index >= 15 is 0 Å². The molecule has 0 aliphatic rings. The van der Waals surface area contributed by atoms with Crippen molar-refractivity contribution in [2.75, 3.05) is 20.8 Å². The first-order chi connectivity index (χ1) is 9.88. The fraction of sp³-hybridized carbons (Fsp3) is 0.429. The summed E-state index contributed by atoms with van der Waals surface area (Å²) in [6.45, 7) is 3.57. The van der Waals surface area contributed by atoms with Crippen LogP contribution in [0.3, 0.4) is 0 Å². The highest BCUT2D eigenvalue weighted by atomic mass is 35.5. The number of halogens is 1. The van der Waals surface area contributed by atoms with Gasteiger partial charge in [0.25, 0.3) is 5.91 Å². The van der Waals surface area contributed by atoms with Crippen LogP contribution in [0.15, 0.2) is 12.1 Å². The average molecular weight is 315 g/mol. The van der Waals surface area contributed by atoms with Crippen molar-refractivity contribution < 1.29 is 19.1 Å². The molecule has 0 radical (unpaired) electrons. The smallest absolute Gasteiger partial charge is 0.251 e. The molecule has 0 heterocycles. The van der Waals surface area contributed by atoms with E-state index in [1.807, 2.05) is 13.8 Å². The van der Waals surface area contributed by atoms with Gasteiger partial charge in [0.05, 0.1) is 25.8 Å². The molecule has 0 saturated carbocycles. The zero-order valence-electron chi connectivity index (χ0n) is 12.5. The van der Waals surface area contributed by atoms with Crippen molar-refractivity contribution in [3.8, 4) is 11.5 Å². The van der Waals surface area contributed by atoms with E-state index in [0.717, 1.165) is 0 Å². The highest BCUT2D eigenvalue weighted by Crippen LogP contribution is 2.35. The third kappa shape index (κ3) is 4.82. The van der Waals surface area contributed by atoms with Gasteiger partial charge >= 0.3 is 0 Å². The molecule has 0 unspecified atom stereocenters. The predicted molar refractivity (Wildman–Crippen MR) is 80.2 cm³/mol. The van der Waals surface area contributed by atoms with Crippen molar-refractivity contribution in [3.63, 3.8) is 0 Å². The minimum Gasteiger partial charge on any atom is -0.493 e. The Balaban J connectivity index is 2.79. The van der Waals surface area contributed by atoms with E-state index in [4.69, 9.17) is 21.1 Å². The third-order valence-corrected chi connectivity index (χ3v) is 2.84. The first kappa shape index (κ1) is 17.1. The normalized spacial score (nSPS) is 10.2. The molecule has 2 amide bonds. The Bertz CT molecular complexity index is 532. The Morgan fingerprint density at radius 1 is 1.24 bits per heavy atom. The molecule has 1 aromatic carbocycles. The van der Waals surface area contributed by atoms with Gasteiger partial charge in [-0.2, -0.15) is 0 Å². The van der Waals surface area contributed by atoms with Crippen LogP contribution in [0.1, 0.15) is 24.2 Å². The largest absolute Gasteiger partial charge is 0.493 e. The second-order valence-electron chi connectivity index (χ2n) is 4.60. The Kier molecular flexibility index (Phi) is 6.30. The van der Waals surface area contributed by atoms with Crippen molar-refractivity contribution in [3.05, 3.63) is 22.7 Å². The maximum atomic E-state index is 12.0. The summed E-state index contributed by atoms with van der Waals surface area (Å²) in [6, 6.07) is 2.98. The van der Waals surface area contributed by atoms with Crippen molar-refractivity contribution in [2.45, 2.75) is 19.9 Å². The number of ether oxygens (including phenoxy) is 2. The predicted octanol–water partition coefficient (Wildman–Crippen LogP) is 1.61. The van der Waals surface area contributed by atoms with Crippen LogP contribution in [0.2, 0.25) is 5.02 Å². The highest BCUT2D eigenvalue weighted by molar-refractivity contribution is 6.32. The zero-order valence-corrected chi connectivity index (χ0v) is 13.2. The highest BCUT2D eigenvalue weighted by Gasteiger charge is 2.15. The number of methoxy groups -OCH3 is 2. The standard InChI is InChI=1S/C14H19ClN2O4/c1-8(2)17-12(18)7-16-14(19)9-5-10(15)13(21-4)11(6-9)20-3/h5-6,8H,7H2,1-4H3,(H,16,19)(H,17,18). The van der Waals surface area contributed by atoms with Gasteiger partial charge in [-0.1, -0.05) is 11.6 Å². The van der Waals surface area contributed by atoms with Crippen molar-refractivity contribution in [1.82, 2.24) is 10.6 Å². The lowest BCUT2D eigenvalue weighted by Crippen LogP contribution is -2.39. The fourth-order valence-electron chi connectivity index (χ4n) is 1.68. The Morgan fingerprint density at radius 3 is 2.43 bits per heavy atom. The molecule has 2 N–H and O–H groups in total. The second kappa shape index (κ2) is 7.73. The molecule has 0 aliphatic heterocycles. The van der Waals surface area contributed by atoms with Crippen LogP contribution >= 0.6 is 11.6 Å². The molecule has 0 aromatic heterocycles. The molecule has 21 heavy (non-hydrogen) atoms. The van der Waals surface area contributed by atoms with E-state index in [1.165, 1.54) is 26.4 Å². The van der Waals surface area contributed by atoms with Gasteiger partial charge in [-0.25, -0.2) is 0 Å². The molecular weight excluding hydrogens is 296 g/mol. The second-order valence-corrected chi connectivity index (χ2v) is 5.01. The number of carbonyl (C=O) groups excluding carboxylic acids is 2. The van der Waals surface area contributed by atoms with E-state index in [9.17, 15) is 9.59 Å². The molecule has 116 valence electrons. The molecule has 1 rings (SSSR count). The van der Waals surface area contributed by atoms with Crippen LogP contribution in [-0.2, 0) is 4.79 Å². The van der Waals surface area contributed by atoms with Crippen LogP contribution in [0.5, 0.6) is 11.5 Å². The van der Waals surface area contributed by atoms with E-state index in [1.54, 1.807) is 0 Å². The van der Waals surface area contributed by atoms with Crippen molar-refractivity contribution >= 4 is 23.4 Å². The molecule has 6 nitrogen and oxygen atoms in total. The summed E-state index contributed by atoms with van der Waals surface area (Å²) in [7, 11) is 2.91. The Morgan fingerprint density at radius 2 is 1.90 bits per heavy atom. The van der Waals surface area contributed by atoms with Gasteiger partial charge in [0.2, 0.25) is 5.91 Å². The molecule has 7 heteroatoms. The number of rotatable bonds is 6.